The molecule has 0 bridgehead atoms. The highest BCUT2D eigenvalue weighted by molar-refractivity contribution is 7.91. The third-order valence-electron chi connectivity index (χ3n) is 6.17. The largest absolute Gasteiger partial charge is 0.508 e. The molecule has 0 saturated carbocycles. The van der Waals surface area contributed by atoms with Crippen LogP contribution in [-0.4, -0.2) is 55.4 Å². The lowest BCUT2D eigenvalue weighted by molar-refractivity contribution is 0.0595. The molecular formula is C24H28N2O5S2. The van der Waals surface area contributed by atoms with Crippen molar-refractivity contribution in [3.63, 3.8) is 0 Å². The van der Waals surface area contributed by atoms with Crippen LogP contribution in [0.1, 0.15) is 40.2 Å². The van der Waals surface area contributed by atoms with Crippen LogP contribution in [0.4, 0.5) is 0 Å². The van der Waals surface area contributed by atoms with E-state index in [9.17, 15) is 18.3 Å². The first kappa shape index (κ1) is 23.7. The number of ether oxygens (including phenoxy) is 1. The minimum absolute atomic E-state index is 0.0675. The Bertz CT molecular complexity index is 1300. The van der Waals surface area contributed by atoms with Gasteiger partial charge in [0, 0.05) is 43.2 Å². The number of rotatable bonds is 7. The predicted octanol–water partition coefficient (Wildman–Crippen LogP) is 3.98. The second kappa shape index (κ2) is 9.42. The Kier molecular flexibility index (Phi) is 6.76. The van der Waals surface area contributed by atoms with E-state index in [2.05, 4.69) is 4.90 Å². The molecule has 0 saturated heterocycles. The van der Waals surface area contributed by atoms with Crippen molar-refractivity contribution in [2.24, 2.45) is 0 Å². The summed E-state index contributed by atoms with van der Waals surface area (Å²) in [5.41, 5.74) is 1.78. The van der Waals surface area contributed by atoms with Crippen LogP contribution in [0.3, 0.4) is 0 Å². The lowest BCUT2D eigenvalue weighted by atomic mass is 10.0. The molecule has 4 rings (SSSR count). The Labute approximate surface area is 198 Å². The molecule has 176 valence electrons. The van der Waals surface area contributed by atoms with Crippen LogP contribution >= 0.6 is 11.3 Å². The molecule has 1 N–H and O–H groups in total. The van der Waals surface area contributed by atoms with E-state index in [-0.39, 0.29) is 15.5 Å². The van der Waals surface area contributed by atoms with Crippen LogP contribution in [0.15, 0.2) is 40.6 Å². The summed E-state index contributed by atoms with van der Waals surface area (Å²) in [6.07, 6.45) is 0.537. The molecule has 0 atom stereocenters. The van der Waals surface area contributed by atoms with E-state index in [1.165, 1.54) is 11.4 Å². The highest BCUT2D eigenvalue weighted by atomic mass is 32.2. The first-order valence-corrected chi connectivity index (χ1v) is 13.2. The van der Waals surface area contributed by atoms with Crippen molar-refractivity contribution in [2.45, 2.75) is 37.6 Å². The van der Waals surface area contributed by atoms with Gasteiger partial charge in [-0.2, -0.15) is 4.31 Å². The zero-order valence-corrected chi connectivity index (χ0v) is 20.6. The summed E-state index contributed by atoms with van der Waals surface area (Å²) in [5, 5.41) is 12.6. The van der Waals surface area contributed by atoms with E-state index >= 15 is 0 Å². The maximum absolute atomic E-state index is 13.3. The summed E-state index contributed by atoms with van der Waals surface area (Å²) >= 11 is 1.16. The minimum Gasteiger partial charge on any atom is -0.508 e. The average molecular weight is 489 g/mol. The molecule has 0 aliphatic carbocycles. The second-order valence-corrected chi connectivity index (χ2v) is 11.2. The minimum atomic E-state index is -3.80. The fourth-order valence-electron chi connectivity index (χ4n) is 4.45. The fraction of sp³-hybridized carbons (Fsp3) is 0.375. The Balaban J connectivity index is 1.71. The van der Waals surface area contributed by atoms with E-state index in [0.717, 1.165) is 38.1 Å². The number of aromatic hydroxyl groups is 1. The molecular weight excluding hydrogens is 460 g/mol. The summed E-state index contributed by atoms with van der Waals surface area (Å²) in [6, 6.07) is 11.5. The molecule has 33 heavy (non-hydrogen) atoms. The molecule has 0 amide bonds. The standard InChI is InChI=1S/C24H28N2O5S2/c1-4-26(5-2)33(29,30)24-22(23(28)31-3)18-12-13-25(15-21(18)32-24)14-19-17-9-7-6-8-16(17)10-11-20(19)27/h6-11,27H,4-5,12-15H2,1-3H3. The molecule has 2 heterocycles. The summed E-state index contributed by atoms with van der Waals surface area (Å²) < 4.78 is 33.0. The van der Waals surface area contributed by atoms with Crippen LogP contribution < -0.4 is 0 Å². The highest BCUT2D eigenvalue weighted by Crippen LogP contribution is 2.39. The normalized spacial score (nSPS) is 14.5. The summed E-state index contributed by atoms with van der Waals surface area (Å²) in [7, 11) is -2.52. The van der Waals surface area contributed by atoms with Crippen molar-refractivity contribution < 1.29 is 23.1 Å². The molecule has 7 nitrogen and oxygen atoms in total. The van der Waals surface area contributed by atoms with Crippen molar-refractivity contribution in [3.05, 3.63) is 58.0 Å². The Morgan fingerprint density at radius 2 is 1.91 bits per heavy atom. The highest BCUT2D eigenvalue weighted by Gasteiger charge is 2.36. The molecule has 9 heteroatoms. The van der Waals surface area contributed by atoms with Crippen molar-refractivity contribution in [1.82, 2.24) is 9.21 Å². The van der Waals surface area contributed by atoms with Gasteiger partial charge in [-0.1, -0.05) is 44.2 Å². The monoisotopic (exact) mass is 488 g/mol. The lowest BCUT2D eigenvalue weighted by Crippen LogP contribution is -2.31. The summed E-state index contributed by atoms with van der Waals surface area (Å²) in [4.78, 5) is 15.7. The van der Waals surface area contributed by atoms with Gasteiger partial charge in [-0.05, 0) is 28.8 Å². The van der Waals surface area contributed by atoms with Crippen molar-refractivity contribution in [2.75, 3.05) is 26.7 Å². The first-order chi connectivity index (χ1) is 15.8. The summed E-state index contributed by atoms with van der Waals surface area (Å²) in [6.45, 7) is 5.89. The number of hydrogen-bond acceptors (Lipinski definition) is 7. The van der Waals surface area contributed by atoms with E-state index in [0.29, 0.717) is 39.1 Å². The number of esters is 1. The Morgan fingerprint density at radius 3 is 2.61 bits per heavy atom. The Morgan fingerprint density at radius 1 is 1.18 bits per heavy atom. The number of benzene rings is 2. The quantitative estimate of drug-likeness (QED) is 0.506. The van der Waals surface area contributed by atoms with Gasteiger partial charge in [-0.3, -0.25) is 4.90 Å². The fourth-order valence-corrected chi connectivity index (χ4v) is 7.98. The number of thiophene rings is 1. The Hall–Kier alpha value is -2.46. The second-order valence-electron chi connectivity index (χ2n) is 7.99. The van der Waals surface area contributed by atoms with Gasteiger partial charge in [0.15, 0.2) is 0 Å². The van der Waals surface area contributed by atoms with Gasteiger partial charge in [-0.15, -0.1) is 11.3 Å². The predicted molar refractivity (Wildman–Crippen MR) is 129 cm³/mol. The molecule has 3 aromatic rings. The number of nitrogens with zero attached hydrogens (tertiary/aromatic N) is 2. The third kappa shape index (κ3) is 4.26. The van der Waals surface area contributed by atoms with Gasteiger partial charge < -0.3 is 9.84 Å². The number of phenolic OH excluding ortho intramolecular Hbond substituents is 1. The SMILES string of the molecule is CCN(CC)S(=O)(=O)c1sc2c(c1C(=O)OC)CCN(Cc1c(O)ccc3ccccc13)C2. The number of methoxy groups -OCH3 is 1. The zero-order chi connectivity index (χ0) is 23.8. The number of carbonyl (C=O) groups excluding carboxylic acids is 1. The number of carbonyl (C=O) groups is 1. The summed E-state index contributed by atoms with van der Waals surface area (Å²) in [5.74, 6) is -0.371. The third-order valence-corrected chi connectivity index (χ3v) is 9.93. The van der Waals surface area contributed by atoms with Gasteiger partial charge in [0.05, 0.1) is 12.7 Å². The van der Waals surface area contributed by atoms with Gasteiger partial charge in [0.25, 0.3) is 10.0 Å². The number of hydrogen-bond donors (Lipinski definition) is 1. The van der Waals surface area contributed by atoms with Gasteiger partial charge in [-0.25, -0.2) is 13.2 Å². The molecule has 0 radical (unpaired) electrons. The van der Waals surface area contributed by atoms with Crippen molar-refractivity contribution in [1.29, 1.82) is 0 Å². The van der Waals surface area contributed by atoms with Crippen LogP contribution in [0.5, 0.6) is 5.75 Å². The van der Waals surface area contributed by atoms with E-state index < -0.39 is 16.0 Å². The number of sulfonamides is 1. The van der Waals surface area contributed by atoms with E-state index in [4.69, 9.17) is 4.74 Å². The van der Waals surface area contributed by atoms with Gasteiger partial charge >= 0.3 is 5.97 Å². The molecule has 1 aromatic heterocycles. The van der Waals surface area contributed by atoms with Gasteiger partial charge in [0.2, 0.25) is 0 Å². The van der Waals surface area contributed by atoms with Crippen LogP contribution in [0, 0.1) is 0 Å². The first-order valence-electron chi connectivity index (χ1n) is 11.0. The molecule has 1 aliphatic rings. The van der Waals surface area contributed by atoms with E-state index in [1.54, 1.807) is 19.9 Å². The van der Waals surface area contributed by atoms with Crippen molar-refractivity contribution in [3.8, 4) is 5.75 Å². The van der Waals surface area contributed by atoms with Crippen molar-refractivity contribution >= 4 is 38.1 Å². The smallest absolute Gasteiger partial charge is 0.340 e. The molecule has 2 aromatic carbocycles. The topological polar surface area (TPSA) is 87.2 Å². The van der Waals surface area contributed by atoms with E-state index in [1.807, 2.05) is 30.3 Å². The van der Waals surface area contributed by atoms with Gasteiger partial charge in [0.1, 0.15) is 9.96 Å². The number of fused-ring (bicyclic) bond motifs is 2. The number of phenols is 1. The molecule has 0 spiro atoms. The molecule has 1 aliphatic heterocycles. The lowest BCUT2D eigenvalue weighted by Gasteiger charge is -2.27. The maximum Gasteiger partial charge on any atom is 0.340 e. The van der Waals surface area contributed by atoms with Crippen LogP contribution in [0.25, 0.3) is 10.8 Å². The average Bonchev–Trinajstić information content (AvgIpc) is 3.21. The zero-order valence-electron chi connectivity index (χ0n) is 19.0. The molecule has 0 unspecified atom stereocenters. The maximum atomic E-state index is 13.3. The molecule has 0 fully saturated rings. The van der Waals surface area contributed by atoms with Crippen LogP contribution in [0.2, 0.25) is 0 Å². The van der Waals surface area contributed by atoms with Crippen LogP contribution in [-0.2, 0) is 34.3 Å².